The van der Waals surface area contributed by atoms with E-state index in [1.807, 2.05) is 42.0 Å². The molecule has 1 aliphatic heterocycles. The highest BCUT2D eigenvalue weighted by atomic mass is 16.5. The van der Waals surface area contributed by atoms with Gasteiger partial charge >= 0.3 is 0 Å². The molecule has 0 unspecified atom stereocenters. The molecule has 1 aromatic heterocycles. The number of nitrogens with one attached hydrogen (secondary N) is 1. The van der Waals surface area contributed by atoms with E-state index in [0.29, 0.717) is 12.4 Å². The third kappa shape index (κ3) is 3.76. The largest absolute Gasteiger partial charge is 0.484 e. The van der Waals surface area contributed by atoms with E-state index in [-0.39, 0.29) is 24.7 Å². The van der Waals surface area contributed by atoms with Gasteiger partial charge in [-0.15, -0.1) is 0 Å². The Morgan fingerprint density at radius 1 is 1.42 bits per heavy atom. The SMILES string of the molecule is CCn1ccnc1[C@H]1OCC[C@@H]1NC(=O)COc1ccc(C)cc1. The summed E-state index contributed by atoms with van der Waals surface area (Å²) < 4.78 is 13.4. The summed E-state index contributed by atoms with van der Waals surface area (Å²) in [6, 6.07) is 7.56. The minimum Gasteiger partial charge on any atom is -0.484 e. The fourth-order valence-corrected chi connectivity index (χ4v) is 2.87. The summed E-state index contributed by atoms with van der Waals surface area (Å²) in [5.74, 6) is 1.40. The molecule has 1 aliphatic rings. The fourth-order valence-electron chi connectivity index (χ4n) is 2.87. The van der Waals surface area contributed by atoms with Crippen LogP contribution in [0.15, 0.2) is 36.7 Å². The quantitative estimate of drug-likeness (QED) is 0.883. The van der Waals surface area contributed by atoms with Crippen molar-refractivity contribution in [1.29, 1.82) is 0 Å². The summed E-state index contributed by atoms with van der Waals surface area (Å²) in [7, 11) is 0. The Morgan fingerprint density at radius 2 is 2.21 bits per heavy atom. The second kappa shape index (κ2) is 7.49. The molecule has 128 valence electrons. The number of carbonyl (C=O) groups excluding carboxylic acids is 1. The molecule has 1 saturated heterocycles. The molecule has 2 aromatic rings. The first kappa shape index (κ1) is 16.5. The Bertz CT molecular complexity index is 681. The van der Waals surface area contributed by atoms with Crippen LogP contribution in [0, 0.1) is 6.92 Å². The number of aromatic nitrogens is 2. The van der Waals surface area contributed by atoms with Crippen LogP contribution in [-0.2, 0) is 16.1 Å². The zero-order chi connectivity index (χ0) is 16.9. The smallest absolute Gasteiger partial charge is 0.258 e. The van der Waals surface area contributed by atoms with Crippen molar-refractivity contribution in [3.63, 3.8) is 0 Å². The predicted molar refractivity (Wildman–Crippen MR) is 89.8 cm³/mol. The van der Waals surface area contributed by atoms with Crippen LogP contribution in [0.3, 0.4) is 0 Å². The minimum atomic E-state index is -0.205. The van der Waals surface area contributed by atoms with Gasteiger partial charge < -0.3 is 19.4 Å². The molecule has 24 heavy (non-hydrogen) atoms. The van der Waals surface area contributed by atoms with Crippen LogP contribution in [0.2, 0.25) is 0 Å². The molecule has 1 aromatic carbocycles. The third-order valence-corrected chi connectivity index (χ3v) is 4.17. The van der Waals surface area contributed by atoms with E-state index < -0.39 is 0 Å². The Hall–Kier alpha value is -2.34. The van der Waals surface area contributed by atoms with E-state index in [4.69, 9.17) is 9.47 Å². The molecular formula is C18H23N3O3. The number of imidazole rings is 1. The van der Waals surface area contributed by atoms with Gasteiger partial charge in [0.15, 0.2) is 6.61 Å². The Labute approximate surface area is 141 Å². The van der Waals surface area contributed by atoms with E-state index in [1.54, 1.807) is 6.20 Å². The van der Waals surface area contributed by atoms with Gasteiger partial charge in [-0.1, -0.05) is 17.7 Å². The van der Waals surface area contributed by atoms with Crippen LogP contribution in [0.4, 0.5) is 0 Å². The summed E-state index contributed by atoms with van der Waals surface area (Å²) in [6.45, 7) is 5.51. The lowest BCUT2D eigenvalue weighted by atomic mass is 10.1. The van der Waals surface area contributed by atoms with Crippen molar-refractivity contribution in [2.45, 2.75) is 39.0 Å². The number of ether oxygens (including phenoxy) is 2. The average molecular weight is 329 g/mol. The second-order valence-electron chi connectivity index (χ2n) is 5.93. The maximum atomic E-state index is 12.2. The minimum absolute atomic E-state index is 0.00546. The van der Waals surface area contributed by atoms with Crippen LogP contribution in [-0.4, -0.2) is 34.7 Å². The van der Waals surface area contributed by atoms with Crippen molar-refractivity contribution < 1.29 is 14.3 Å². The first-order valence-electron chi connectivity index (χ1n) is 8.29. The van der Waals surface area contributed by atoms with Gasteiger partial charge in [0.25, 0.3) is 5.91 Å². The lowest BCUT2D eigenvalue weighted by Crippen LogP contribution is -2.40. The highest BCUT2D eigenvalue weighted by molar-refractivity contribution is 5.78. The van der Waals surface area contributed by atoms with Crippen LogP contribution >= 0.6 is 0 Å². The first-order valence-corrected chi connectivity index (χ1v) is 8.29. The van der Waals surface area contributed by atoms with E-state index in [9.17, 15) is 4.79 Å². The standard InChI is InChI=1S/C18H23N3O3/c1-3-21-10-9-19-18(21)17-15(8-11-23-17)20-16(22)12-24-14-6-4-13(2)5-7-14/h4-7,9-10,15,17H,3,8,11-12H2,1-2H3,(H,20,22)/t15-,17-/m0/s1. The normalized spacial score (nSPS) is 20.1. The number of amides is 1. The highest BCUT2D eigenvalue weighted by Crippen LogP contribution is 2.28. The molecule has 1 amide bonds. The molecule has 3 rings (SSSR count). The van der Waals surface area contributed by atoms with Gasteiger partial charge in [-0.05, 0) is 32.4 Å². The summed E-state index contributed by atoms with van der Waals surface area (Å²) in [5, 5.41) is 3.01. The number of aryl methyl sites for hydroxylation is 2. The van der Waals surface area contributed by atoms with Crippen molar-refractivity contribution in [1.82, 2.24) is 14.9 Å². The molecule has 1 fully saturated rings. The summed E-state index contributed by atoms with van der Waals surface area (Å²) in [4.78, 5) is 16.6. The van der Waals surface area contributed by atoms with Gasteiger partial charge in [-0.3, -0.25) is 4.79 Å². The van der Waals surface area contributed by atoms with Gasteiger partial charge in [0.1, 0.15) is 17.7 Å². The topological polar surface area (TPSA) is 65.4 Å². The van der Waals surface area contributed by atoms with Crippen LogP contribution in [0.25, 0.3) is 0 Å². The monoisotopic (exact) mass is 329 g/mol. The number of rotatable bonds is 6. The summed E-state index contributed by atoms with van der Waals surface area (Å²) in [5.41, 5.74) is 1.16. The van der Waals surface area contributed by atoms with Crippen molar-refractivity contribution in [3.05, 3.63) is 48.0 Å². The van der Waals surface area contributed by atoms with Crippen molar-refractivity contribution >= 4 is 5.91 Å². The highest BCUT2D eigenvalue weighted by Gasteiger charge is 2.33. The Kier molecular flexibility index (Phi) is 5.15. The zero-order valence-electron chi connectivity index (χ0n) is 14.1. The first-order chi connectivity index (χ1) is 11.7. The molecule has 1 N–H and O–H groups in total. The molecule has 0 radical (unpaired) electrons. The van der Waals surface area contributed by atoms with E-state index >= 15 is 0 Å². The molecule has 2 heterocycles. The molecule has 2 atom stereocenters. The lowest BCUT2D eigenvalue weighted by molar-refractivity contribution is -0.124. The van der Waals surface area contributed by atoms with Crippen molar-refractivity contribution in [3.8, 4) is 5.75 Å². The molecule has 6 heteroatoms. The summed E-state index contributed by atoms with van der Waals surface area (Å²) in [6.07, 6.45) is 4.26. The number of hydrogen-bond donors (Lipinski definition) is 1. The van der Waals surface area contributed by atoms with Gasteiger partial charge in [0.05, 0.1) is 6.04 Å². The van der Waals surface area contributed by atoms with Gasteiger partial charge in [0.2, 0.25) is 0 Å². The molecular weight excluding hydrogens is 306 g/mol. The number of carbonyl (C=O) groups is 1. The lowest BCUT2D eigenvalue weighted by Gasteiger charge is -2.20. The fraction of sp³-hybridized carbons (Fsp3) is 0.444. The molecule has 0 bridgehead atoms. The number of benzene rings is 1. The van der Waals surface area contributed by atoms with Gasteiger partial charge in [0, 0.05) is 25.5 Å². The zero-order valence-corrected chi connectivity index (χ0v) is 14.1. The van der Waals surface area contributed by atoms with Crippen LogP contribution < -0.4 is 10.1 Å². The molecule has 0 saturated carbocycles. The maximum Gasteiger partial charge on any atom is 0.258 e. The summed E-state index contributed by atoms with van der Waals surface area (Å²) >= 11 is 0. The third-order valence-electron chi connectivity index (χ3n) is 4.17. The van der Waals surface area contributed by atoms with Crippen molar-refractivity contribution in [2.24, 2.45) is 0 Å². The Balaban J connectivity index is 1.56. The van der Waals surface area contributed by atoms with Gasteiger partial charge in [-0.2, -0.15) is 0 Å². The molecule has 0 aliphatic carbocycles. The maximum absolute atomic E-state index is 12.2. The van der Waals surface area contributed by atoms with Gasteiger partial charge in [-0.25, -0.2) is 4.98 Å². The van der Waals surface area contributed by atoms with Crippen molar-refractivity contribution in [2.75, 3.05) is 13.2 Å². The van der Waals surface area contributed by atoms with Crippen LogP contribution in [0.1, 0.15) is 30.8 Å². The number of nitrogens with zero attached hydrogens (tertiary/aromatic N) is 2. The predicted octanol–water partition coefficient (Wildman–Crippen LogP) is 2.24. The molecule has 0 spiro atoms. The molecule has 6 nitrogen and oxygen atoms in total. The number of hydrogen-bond acceptors (Lipinski definition) is 4. The van der Waals surface area contributed by atoms with E-state index in [2.05, 4.69) is 17.2 Å². The van der Waals surface area contributed by atoms with E-state index in [1.165, 1.54) is 0 Å². The van der Waals surface area contributed by atoms with E-state index in [0.717, 1.165) is 24.4 Å². The average Bonchev–Trinajstić information content (AvgIpc) is 3.22. The second-order valence-corrected chi connectivity index (χ2v) is 5.93. The van der Waals surface area contributed by atoms with Crippen LogP contribution in [0.5, 0.6) is 5.75 Å². The Morgan fingerprint density at radius 3 is 2.96 bits per heavy atom.